The van der Waals surface area contributed by atoms with E-state index in [0.29, 0.717) is 12.8 Å². The van der Waals surface area contributed by atoms with Gasteiger partial charge in [0.05, 0.1) is 18.8 Å². The van der Waals surface area contributed by atoms with Crippen LogP contribution in [0.3, 0.4) is 0 Å². The molecule has 1 amide bonds. The van der Waals surface area contributed by atoms with Crippen molar-refractivity contribution in [1.82, 2.24) is 4.90 Å². The number of aliphatic hydroxyl groups is 3. The maximum Gasteiger partial charge on any atom is 0.225 e. The zero-order chi connectivity index (χ0) is 40.2. The van der Waals surface area contributed by atoms with Gasteiger partial charge in [-0.3, -0.25) is 20.1 Å². The lowest BCUT2D eigenvalue weighted by Crippen LogP contribution is -2.76. The first-order chi connectivity index (χ1) is 26.0. The van der Waals surface area contributed by atoms with E-state index in [1.165, 1.54) is 95.3 Å². The van der Waals surface area contributed by atoms with E-state index in [-0.39, 0.29) is 18.9 Å². The Hall–Kier alpha value is -1.73. The second-order valence-electron chi connectivity index (χ2n) is 15.9. The van der Waals surface area contributed by atoms with Crippen LogP contribution in [-0.2, 0) is 19.1 Å². The minimum atomic E-state index is -2.25. The number of unbranched alkanes of at least 4 members (excludes halogenated alkanes) is 22. The number of hydrogen-bond donors (Lipinski definition) is 6. The molecule has 0 bridgehead atoms. The highest BCUT2D eigenvalue weighted by molar-refractivity contribution is 6.09. The number of ketones is 2. The normalized spacial score (nSPS) is 22.8. The molecule has 1 fully saturated rings. The largest absolute Gasteiger partial charge is 0.394 e. The number of aliphatic hydroxyl groups excluding tert-OH is 3. The monoisotopic (exact) mass is 767 g/mol. The summed E-state index contributed by atoms with van der Waals surface area (Å²) in [5.74, 6) is -6.10. The summed E-state index contributed by atoms with van der Waals surface area (Å²) in [7, 11) is 0. The second kappa shape index (κ2) is 30.4. The minimum absolute atomic E-state index is 0.138. The summed E-state index contributed by atoms with van der Waals surface area (Å²) in [6.07, 6.45) is 27.9. The molecule has 1 aliphatic heterocycles. The van der Waals surface area contributed by atoms with Gasteiger partial charge in [-0.2, -0.15) is 0 Å². The van der Waals surface area contributed by atoms with Gasteiger partial charge in [0.1, 0.15) is 24.2 Å². The maximum atomic E-state index is 14.0. The van der Waals surface area contributed by atoms with Crippen molar-refractivity contribution in [2.75, 3.05) is 13.2 Å². The van der Waals surface area contributed by atoms with Gasteiger partial charge in [0.2, 0.25) is 11.8 Å². The van der Waals surface area contributed by atoms with Crippen molar-refractivity contribution in [2.45, 2.75) is 224 Å². The van der Waals surface area contributed by atoms with Gasteiger partial charge < -0.3 is 36.4 Å². The van der Waals surface area contributed by atoms with E-state index in [0.717, 1.165) is 64.2 Å². The molecule has 0 aliphatic carbocycles. The Morgan fingerprint density at radius 3 is 1.56 bits per heavy atom. The Balaban J connectivity index is 2.87. The highest BCUT2D eigenvalue weighted by atomic mass is 16.6. The van der Waals surface area contributed by atoms with Gasteiger partial charge in [-0.1, -0.05) is 148 Å². The van der Waals surface area contributed by atoms with Crippen LogP contribution in [0.5, 0.6) is 0 Å². The Bertz CT molecular complexity index is 1030. The van der Waals surface area contributed by atoms with E-state index >= 15 is 0 Å². The number of carbonyl (C=O) groups is 3. The molecule has 1 saturated heterocycles. The summed E-state index contributed by atoms with van der Waals surface area (Å²) in [4.78, 5) is 41.8. The third-order valence-electron chi connectivity index (χ3n) is 11.0. The van der Waals surface area contributed by atoms with Gasteiger partial charge in [-0.15, -0.1) is 0 Å². The van der Waals surface area contributed by atoms with E-state index in [9.17, 15) is 29.7 Å². The summed E-state index contributed by atoms with van der Waals surface area (Å²) in [5, 5.41) is 32.1. The molecule has 11 nitrogen and oxygen atoms in total. The first kappa shape index (κ1) is 50.3. The van der Waals surface area contributed by atoms with E-state index in [4.69, 9.17) is 21.9 Å². The van der Waals surface area contributed by atoms with Gasteiger partial charge >= 0.3 is 0 Å². The van der Waals surface area contributed by atoms with E-state index in [1.807, 2.05) is 0 Å². The lowest BCUT2D eigenvalue weighted by atomic mass is 9.79. The number of rotatable bonds is 34. The first-order valence-electron chi connectivity index (χ1n) is 22.0. The number of nitrogens with zero attached hydrogens (tertiary/aromatic N) is 1. The quantitative estimate of drug-likeness (QED) is 0.0177. The van der Waals surface area contributed by atoms with Crippen molar-refractivity contribution in [3.05, 3.63) is 12.2 Å². The summed E-state index contributed by atoms with van der Waals surface area (Å²) in [5.41, 5.74) is 18.6. The van der Waals surface area contributed by atoms with Crippen molar-refractivity contribution in [3.8, 4) is 0 Å². The predicted molar refractivity (Wildman–Crippen MR) is 218 cm³/mol. The van der Waals surface area contributed by atoms with Gasteiger partial charge in [0, 0.05) is 13.0 Å². The topological polar surface area (TPSA) is 202 Å². The molecule has 0 radical (unpaired) electrons. The predicted octanol–water partition coefficient (Wildman–Crippen LogP) is 6.71. The highest BCUT2D eigenvalue weighted by Crippen LogP contribution is 2.36. The molecule has 1 rings (SSSR count). The van der Waals surface area contributed by atoms with Crippen LogP contribution < -0.4 is 17.2 Å². The summed E-state index contributed by atoms with van der Waals surface area (Å²) in [6.45, 7) is 5.29. The molecule has 1 unspecified atom stereocenters. The van der Waals surface area contributed by atoms with E-state index in [2.05, 4.69) is 26.0 Å². The molecule has 54 heavy (non-hydrogen) atoms. The number of nitrogens with two attached hydrogens (primary N) is 3. The molecule has 0 aromatic rings. The zero-order valence-corrected chi connectivity index (χ0v) is 34.6. The van der Waals surface area contributed by atoms with Crippen LogP contribution in [0.2, 0.25) is 0 Å². The summed E-state index contributed by atoms with van der Waals surface area (Å²) >= 11 is 0. The number of hydrogen-bond acceptors (Lipinski definition) is 10. The third kappa shape index (κ3) is 18.9. The van der Waals surface area contributed by atoms with Crippen LogP contribution in [0.15, 0.2) is 12.2 Å². The fourth-order valence-corrected chi connectivity index (χ4v) is 7.50. The van der Waals surface area contributed by atoms with Gasteiger partial charge in [-0.05, 0) is 45.4 Å². The van der Waals surface area contributed by atoms with Gasteiger partial charge in [-0.25, -0.2) is 0 Å². The molecular weight excluding hydrogens is 684 g/mol. The zero-order valence-electron chi connectivity index (χ0n) is 34.6. The van der Waals surface area contributed by atoms with Crippen molar-refractivity contribution < 1.29 is 34.4 Å². The lowest BCUT2D eigenvalue weighted by molar-refractivity contribution is -0.291. The van der Waals surface area contributed by atoms with Crippen molar-refractivity contribution in [2.24, 2.45) is 23.1 Å². The molecule has 7 atom stereocenters. The van der Waals surface area contributed by atoms with Crippen LogP contribution in [-0.4, -0.2) is 87.1 Å². The van der Waals surface area contributed by atoms with Crippen molar-refractivity contribution in [3.63, 3.8) is 0 Å². The molecule has 1 heterocycles. The van der Waals surface area contributed by atoms with Crippen LogP contribution in [0.4, 0.5) is 0 Å². The van der Waals surface area contributed by atoms with E-state index in [1.54, 1.807) is 0 Å². The minimum Gasteiger partial charge on any atom is -0.394 e. The van der Waals surface area contributed by atoms with Crippen LogP contribution in [0.1, 0.15) is 188 Å². The molecular formula is C43H82N4O7. The summed E-state index contributed by atoms with van der Waals surface area (Å²) < 4.78 is 6.00. The number of ether oxygens (including phenoxy) is 1. The number of carbonyl (C=O) groups excluding carboxylic acids is 3. The Kier molecular flexibility index (Phi) is 28.3. The highest BCUT2D eigenvalue weighted by Gasteiger charge is 2.60. The first-order valence-corrected chi connectivity index (χ1v) is 22.0. The third-order valence-corrected chi connectivity index (χ3v) is 11.0. The summed E-state index contributed by atoms with van der Waals surface area (Å²) in [6, 6.07) is -2.81. The Morgan fingerprint density at radius 2 is 1.11 bits per heavy atom. The SMILES string of the molecule is CCCCCCCC/C=C\CCCCCCCC(=O)N(CCCCCCCCCCCCCC)[C@]1(N)O[C@H](CO)[C@@H](O)[C@H](O)[C@H]1C(=O)C(N)C(=O)[C@H](C)N. The average Bonchev–Trinajstić information content (AvgIpc) is 3.15. The fourth-order valence-electron chi connectivity index (χ4n) is 7.50. The molecule has 0 saturated carbocycles. The molecule has 0 aromatic carbocycles. The van der Waals surface area contributed by atoms with E-state index < -0.39 is 60.3 Å². The van der Waals surface area contributed by atoms with Gasteiger partial charge in [0.25, 0.3) is 0 Å². The number of Topliss-reactive ketones (excluding diaryl/α,β-unsaturated/α-hetero) is 2. The number of allylic oxidation sites excluding steroid dienone is 2. The van der Waals surface area contributed by atoms with Crippen LogP contribution in [0, 0.1) is 5.92 Å². The van der Waals surface area contributed by atoms with Gasteiger partial charge in [0.15, 0.2) is 11.6 Å². The molecule has 0 aromatic heterocycles. The van der Waals surface area contributed by atoms with Crippen molar-refractivity contribution in [1.29, 1.82) is 0 Å². The smallest absolute Gasteiger partial charge is 0.225 e. The fraction of sp³-hybridized carbons (Fsp3) is 0.884. The second-order valence-corrected chi connectivity index (χ2v) is 15.9. The Labute approximate surface area is 328 Å². The standard InChI is InChI=1S/C43H82N4O7/c1-4-6-8-10-12-14-16-18-19-20-21-23-25-27-29-31-36(49)47(32-30-28-26-24-22-17-15-13-11-9-7-5-2)43(46)37(41(52)38(45)39(50)34(3)44)42(53)40(51)35(33-48)54-43/h18-19,34-35,37-38,40,42,48,51,53H,4-17,20-33,44-46H2,1-3H3/b19-18-/t34-,35+,37+,38?,40+,42+,43-/m0/s1. The molecule has 9 N–H and O–H groups in total. The lowest BCUT2D eigenvalue weighted by Gasteiger charge is -2.53. The van der Waals surface area contributed by atoms with Crippen LogP contribution >= 0.6 is 0 Å². The average molecular weight is 767 g/mol. The molecule has 0 spiro atoms. The molecule has 11 heteroatoms. The van der Waals surface area contributed by atoms with Crippen molar-refractivity contribution >= 4 is 17.5 Å². The number of amides is 1. The van der Waals surface area contributed by atoms with Crippen LogP contribution in [0.25, 0.3) is 0 Å². The Morgan fingerprint density at radius 1 is 0.685 bits per heavy atom. The maximum absolute atomic E-state index is 14.0. The molecule has 1 aliphatic rings. The molecule has 316 valence electrons.